The Morgan fingerprint density at radius 2 is 1.15 bits per heavy atom. The van der Waals surface area contributed by atoms with Crippen LogP contribution in [0.4, 0.5) is 0 Å². The Morgan fingerprint density at radius 1 is 0.731 bits per heavy atom. The second-order valence-corrected chi connectivity index (χ2v) is 6.86. The van der Waals surface area contributed by atoms with Crippen molar-refractivity contribution in [2.24, 2.45) is 0 Å². The van der Waals surface area contributed by atoms with Gasteiger partial charge in [0.1, 0.15) is 6.10 Å². The Bertz CT molecular complexity index is 760. The van der Waals surface area contributed by atoms with Gasteiger partial charge in [-0.3, -0.25) is 4.79 Å². The molecule has 0 spiro atoms. The summed E-state index contributed by atoms with van der Waals surface area (Å²) >= 11 is 0. The molecule has 0 aromatic heterocycles. The number of ether oxygens (including phenoxy) is 1. The van der Waals surface area contributed by atoms with Crippen molar-refractivity contribution in [3.63, 3.8) is 0 Å². The normalized spacial score (nSPS) is 17.1. The Morgan fingerprint density at radius 3 is 1.50 bits per heavy atom. The third-order valence-corrected chi connectivity index (χ3v) is 5.30. The van der Waals surface area contributed by atoms with E-state index in [-0.39, 0.29) is 17.5 Å². The number of rotatable bonds is 5. The van der Waals surface area contributed by atoms with Gasteiger partial charge in [0.15, 0.2) is 0 Å². The minimum absolute atomic E-state index is 0.0666. The second-order valence-electron chi connectivity index (χ2n) is 6.86. The van der Waals surface area contributed by atoms with E-state index in [1.165, 1.54) is 16.7 Å². The highest BCUT2D eigenvalue weighted by Crippen LogP contribution is 2.44. The molecule has 0 bridgehead atoms. The molecule has 0 N–H and O–H groups in total. The van der Waals surface area contributed by atoms with Crippen molar-refractivity contribution in [1.82, 2.24) is 0 Å². The number of cyclic esters (lactones) is 1. The molecule has 2 nitrogen and oxygen atoms in total. The molecule has 1 aliphatic heterocycles. The predicted molar refractivity (Wildman–Crippen MR) is 103 cm³/mol. The minimum Gasteiger partial charge on any atom is -0.462 e. The zero-order chi connectivity index (χ0) is 17.8. The molecule has 4 rings (SSSR count). The van der Waals surface area contributed by atoms with Crippen LogP contribution < -0.4 is 0 Å². The maximum atomic E-state index is 11.7. The number of esters is 1. The second kappa shape index (κ2) is 7.17. The Labute approximate surface area is 154 Å². The van der Waals surface area contributed by atoms with Crippen LogP contribution in [-0.2, 0) is 14.9 Å². The van der Waals surface area contributed by atoms with Crippen molar-refractivity contribution in [2.75, 3.05) is 0 Å². The van der Waals surface area contributed by atoms with Crippen LogP contribution >= 0.6 is 0 Å². The van der Waals surface area contributed by atoms with Crippen molar-refractivity contribution in [3.8, 4) is 0 Å². The number of carbonyl (C=O) groups excluding carboxylic acids is 1. The van der Waals surface area contributed by atoms with Crippen LogP contribution in [0.1, 0.15) is 36.0 Å². The predicted octanol–water partition coefficient (Wildman–Crippen LogP) is 5.12. The summed E-state index contributed by atoms with van der Waals surface area (Å²) in [7, 11) is 0. The van der Waals surface area contributed by atoms with Crippen LogP contribution in [0, 0.1) is 0 Å². The summed E-state index contributed by atoms with van der Waals surface area (Å²) in [6.07, 6.45) is 1.98. The van der Waals surface area contributed by atoms with E-state index < -0.39 is 0 Å². The summed E-state index contributed by atoms with van der Waals surface area (Å²) in [5, 5.41) is 0. The van der Waals surface area contributed by atoms with Crippen LogP contribution in [0.25, 0.3) is 0 Å². The van der Waals surface area contributed by atoms with Crippen molar-refractivity contribution < 1.29 is 9.53 Å². The number of hydrogen-bond acceptors (Lipinski definition) is 2. The van der Waals surface area contributed by atoms with Gasteiger partial charge >= 0.3 is 5.97 Å². The van der Waals surface area contributed by atoms with Gasteiger partial charge in [-0.15, -0.1) is 0 Å². The maximum Gasteiger partial charge on any atom is 0.306 e. The van der Waals surface area contributed by atoms with Crippen LogP contribution in [0.15, 0.2) is 91.0 Å². The first-order valence-electron chi connectivity index (χ1n) is 9.15. The summed E-state index contributed by atoms with van der Waals surface area (Å²) in [5.74, 6) is -0.0851. The molecule has 1 aliphatic rings. The summed E-state index contributed by atoms with van der Waals surface area (Å²) in [5.41, 5.74) is 3.32. The molecule has 0 amide bonds. The molecule has 2 heteroatoms. The fraction of sp³-hybridized carbons (Fsp3) is 0.208. The Balaban J connectivity index is 1.92. The van der Waals surface area contributed by atoms with Crippen molar-refractivity contribution in [1.29, 1.82) is 0 Å². The molecule has 26 heavy (non-hydrogen) atoms. The molecule has 0 saturated carbocycles. The number of hydrogen-bond donors (Lipinski definition) is 0. The lowest BCUT2D eigenvalue weighted by atomic mass is 9.66. The topological polar surface area (TPSA) is 26.3 Å². The Hall–Kier alpha value is -2.87. The first kappa shape index (κ1) is 16.6. The van der Waals surface area contributed by atoms with Gasteiger partial charge in [-0.1, -0.05) is 91.0 Å². The molecule has 0 aliphatic carbocycles. The molecule has 3 aromatic rings. The summed E-state index contributed by atoms with van der Waals surface area (Å²) in [6, 6.07) is 31.7. The van der Waals surface area contributed by atoms with Gasteiger partial charge in [0.05, 0.1) is 0 Å². The molecular formula is C24H22O2. The largest absolute Gasteiger partial charge is 0.462 e. The highest BCUT2D eigenvalue weighted by Gasteiger charge is 2.40. The van der Waals surface area contributed by atoms with E-state index in [0.29, 0.717) is 6.42 Å². The van der Waals surface area contributed by atoms with Gasteiger partial charge in [-0.2, -0.15) is 0 Å². The van der Waals surface area contributed by atoms with Gasteiger partial charge in [-0.05, 0) is 23.1 Å². The van der Waals surface area contributed by atoms with E-state index in [0.717, 1.165) is 12.8 Å². The van der Waals surface area contributed by atoms with E-state index in [1.807, 2.05) is 18.2 Å². The fourth-order valence-corrected chi connectivity index (χ4v) is 4.09. The fourth-order valence-electron chi connectivity index (χ4n) is 4.09. The quantitative estimate of drug-likeness (QED) is 0.475. The van der Waals surface area contributed by atoms with Gasteiger partial charge in [0, 0.05) is 18.3 Å². The monoisotopic (exact) mass is 342 g/mol. The lowest BCUT2D eigenvalue weighted by molar-refractivity contribution is -0.141. The third kappa shape index (κ3) is 3.03. The zero-order valence-electron chi connectivity index (χ0n) is 14.7. The SMILES string of the molecule is O=C1CC[C@@H](CC(c2ccccc2)(c2ccccc2)c2ccccc2)O1. The molecule has 1 heterocycles. The van der Waals surface area contributed by atoms with Crippen LogP contribution in [-0.4, -0.2) is 12.1 Å². The van der Waals surface area contributed by atoms with E-state index in [1.54, 1.807) is 0 Å². The highest BCUT2D eigenvalue weighted by molar-refractivity contribution is 5.71. The molecule has 0 radical (unpaired) electrons. The van der Waals surface area contributed by atoms with E-state index in [4.69, 9.17) is 4.74 Å². The average molecular weight is 342 g/mol. The van der Waals surface area contributed by atoms with Gasteiger partial charge in [0.2, 0.25) is 0 Å². The highest BCUT2D eigenvalue weighted by atomic mass is 16.5. The van der Waals surface area contributed by atoms with Crippen LogP contribution in [0.2, 0.25) is 0 Å². The lowest BCUT2D eigenvalue weighted by Gasteiger charge is -2.37. The molecule has 130 valence electrons. The van der Waals surface area contributed by atoms with Gasteiger partial charge in [-0.25, -0.2) is 0 Å². The standard InChI is InChI=1S/C24H22O2/c25-23-17-16-22(26-23)18-24(19-10-4-1-5-11-19,20-12-6-2-7-13-20)21-14-8-3-9-15-21/h1-15,22H,16-18H2/t22-/m0/s1. The first-order valence-corrected chi connectivity index (χ1v) is 9.15. The van der Waals surface area contributed by atoms with Crippen molar-refractivity contribution in [2.45, 2.75) is 30.8 Å². The zero-order valence-corrected chi connectivity index (χ0v) is 14.7. The third-order valence-electron chi connectivity index (χ3n) is 5.30. The van der Waals surface area contributed by atoms with Crippen LogP contribution in [0.5, 0.6) is 0 Å². The van der Waals surface area contributed by atoms with Crippen LogP contribution in [0.3, 0.4) is 0 Å². The smallest absolute Gasteiger partial charge is 0.306 e. The molecule has 1 saturated heterocycles. The average Bonchev–Trinajstić information content (AvgIpc) is 3.13. The molecule has 3 aromatic carbocycles. The van der Waals surface area contributed by atoms with Crippen molar-refractivity contribution in [3.05, 3.63) is 108 Å². The first-order chi connectivity index (χ1) is 12.8. The van der Waals surface area contributed by atoms with E-state index in [2.05, 4.69) is 72.8 Å². The van der Waals surface area contributed by atoms with Crippen molar-refractivity contribution >= 4 is 5.97 Å². The number of carbonyl (C=O) groups is 1. The van der Waals surface area contributed by atoms with Gasteiger partial charge in [0.25, 0.3) is 0 Å². The lowest BCUT2D eigenvalue weighted by Crippen LogP contribution is -2.34. The van der Waals surface area contributed by atoms with E-state index >= 15 is 0 Å². The Kier molecular flexibility index (Phi) is 4.57. The summed E-state index contributed by atoms with van der Waals surface area (Å²) in [6.45, 7) is 0. The van der Waals surface area contributed by atoms with Gasteiger partial charge < -0.3 is 4.74 Å². The molecule has 1 atom stereocenters. The number of benzene rings is 3. The molecule has 1 fully saturated rings. The minimum atomic E-state index is -0.348. The maximum absolute atomic E-state index is 11.7. The summed E-state index contributed by atoms with van der Waals surface area (Å²) < 4.78 is 5.64. The van der Waals surface area contributed by atoms with E-state index in [9.17, 15) is 4.79 Å². The molecule has 0 unspecified atom stereocenters. The summed E-state index contributed by atoms with van der Waals surface area (Å²) in [4.78, 5) is 11.7. The molecular weight excluding hydrogens is 320 g/mol.